The molecule has 2 amide bonds. The second-order valence-electron chi connectivity index (χ2n) is 7.23. The number of nitrogens with one attached hydrogen (secondary N) is 2. The molecule has 0 bridgehead atoms. The molecule has 170 valence electrons. The van der Waals surface area contributed by atoms with Gasteiger partial charge in [-0.25, -0.2) is 4.79 Å². The maximum Gasteiger partial charge on any atom is 0.330 e. The van der Waals surface area contributed by atoms with E-state index in [-0.39, 0.29) is 42.7 Å². The molecule has 0 radical (unpaired) electrons. The van der Waals surface area contributed by atoms with Crippen LogP contribution in [0, 0.1) is 0 Å². The third-order valence-corrected chi connectivity index (χ3v) is 4.88. The van der Waals surface area contributed by atoms with Crippen molar-refractivity contribution in [3.63, 3.8) is 0 Å². The topological polar surface area (TPSA) is 143 Å². The van der Waals surface area contributed by atoms with Crippen LogP contribution in [0.5, 0.6) is 0 Å². The van der Waals surface area contributed by atoms with E-state index in [1.807, 2.05) is 13.8 Å². The first-order chi connectivity index (χ1) is 14.9. The van der Waals surface area contributed by atoms with E-state index in [0.29, 0.717) is 19.4 Å². The fraction of sp³-hybridized carbons (Fsp3) is 0.524. The number of nitrogen functional groups attached to an aromatic ring is 1. The van der Waals surface area contributed by atoms with Gasteiger partial charge in [0.15, 0.2) is 11.4 Å². The number of carbonyl (C=O) groups is 2. The van der Waals surface area contributed by atoms with Gasteiger partial charge < -0.3 is 20.4 Å². The second kappa shape index (κ2) is 11.8. The minimum Gasteiger partial charge on any atom is -0.459 e. The van der Waals surface area contributed by atoms with E-state index in [2.05, 4.69) is 10.3 Å². The second-order valence-corrected chi connectivity index (χ2v) is 7.23. The smallest absolute Gasteiger partial charge is 0.330 e. The van der Waals surface area contributed by atoms with Gasteiger partial charge in [-0.05, 0) is 25.0 Å². The number of amides is 2. The van der Waals surface area contributed by atoms with Gasteiger partial charge in [0.25, 0.3) is 11.5 Å². The number of rotatable bonds is 12. The first-order valence-electron chi connectivity index (χ1n) is 10.6. The van der Waals surface area contributed by atoms with Crippen LogP contribution < -0.4 is 27.2 Å². The zero-order valence-electron chi connectivity index (χ0n) is 18.1. The summed E-state index contributed by atoms with van der Waals surface area (Å²) in [4.78, 5) is 53.3. The zero-order chi connectivity index (χ0) is 22.8. The van der Waals surface area contributed by atoms with Crippen LogP contribution in [0.4, 0.5) is 11.5 Å². The predicted molar refractivity (Wildman–Crippen MR) is 118 cm³/mol. The average molecular weight is 434 g/mol. The first kappa shape index (κ1) is 24.0. The number of nitrogens with zero attached hydrogens (tertiary/aromatic N) is 2. The molecule has 0 fully saturated rings. The van der Waals surface area contributed by atoms with Crippen molar-refractivity contribution in [2.75, 3.05) is 23.7 Å². The molecule has 2 rings (SSSR count). The quantitative estimate of drug-likeness (QED) is 0.436. The lowest BCUT2D eigenvalue weighted by molar-refractivity contribution is -0.118. The average Bonchev–Trinajstić information content (AvgIpc) is 3.27. The Morgan fingerprint density at radius 1 is 1.19 bits per heavy atom. The molecular formula is C21H31N5O5. The molecule has 0 spiro atoms. The largest absolute Gasteiger partial charge is 0.459 e. The molecule has 0 unspecified atom stereocenters. The van der Waals surface area contributed by atoms with E-state index in [1.54, 1.807) is 6.07 Å². The lowest BCUT2D eigenvalue weighted by Crippen LogP contribution is -2.42. The van der Waals surface area contributed by atoms with Crippen molar-refractivity contribution in [2.45, 2.75) is 58.9 Å². The summed E-state index contributed by atoms with van der Waals surface area (Å²) in [6, 6.07) is 3.12. The maximum absolute atomic E-state index is 13.0. The number of unbranched alkanes of at least 4 members (excludes halogenated alkanes) is 3. The van der Waals surface area contributed by atoms with Crippen molar-refractivity contribution in [2.24, 2.45) is 0 Å². The summed E-state index contributed by atoms with van der Waals surface area (Å²) in [7, 11) is 0. The van der Waals surface area contributed by atoms with Gasteiger partial charge in [-0.2, -0.15) is 0 Å². The Morgan fingerprint density at radius 2 is 1.94 bits per heavy atom. The van der Waals surface area contributed by atoms with Crippen molar-refractivity contribution in [1.29, 1.82) is 0 Å². The van der Waals surface area contributed by atoms with Crippen LogP contribution in [-0.2, 0) is 11.3 Å². The molecule has 4 N–H and O–H groups in total. The number of aromatic amines is 1. The zero-order valence-corrected chi connectivity index (χ0v) is 18.1. The Morgan fingerprint density at radius 3 is 2.58 bits per heavy atom. The van der Waals surface area contributed by atoms with Crippen LogP contribution in [-0.4, -0.2) is 34.5 Å². The van der Waals surface area contributed by atoms with Gasteiger partial charge in [-0.15, -0.1) is 0 Å². The number of H-pyrrole nitrogens is 1. The van der Waals surface area contributed by atoms with Crippen molar-refractivity contribution < 1.29 is 14.0 Å². The summed E-state index contributed by atoms with van der Waals surface area (Å²) < 4.78 is 6.31. The molecule has 2 aromatic heterocycles. The van der Waals surface area contributed by atoms with E-state index in [0.717, 1.165) is 19.3 Å². The van der Waals surface area contributed by atoms with Crippen molar-refractivity contribution in [3.05, 3.63) is 45.0 Å². The summed E-state index contributed by atoms with van der Waals surface area (Å²) in [5.74, 6) is -0.669. The van der Waals surface area contributed by atoms with Gasteiger partial charge in [-0.1, -0.05) is 33.1 Å². The Bertz CT molecular complexity index is 977. The Hall–Kier alpha value is -3.30. The normalized spacial score (nSPS) is 10.8. The highest BCUT2D eigenvalue weighted by Crippen LogP contribution is 2.19. The molecule has 0 aliphatic heterocycles. The van der Waals surface area contributed by atoms with Crippen molar-refractivity contribution in [1.82, 2.24) is 14.9 Å². The van der Waals surface area contributed by atoms with Gasteiger partial charge in [0.05, 0.1) is 6.26 Å². The number of furan rings is 1. The molecule has 0 saturated carbocycles. The lowest BCUT2D eigenvalue weighted by atomic mass is 10.2. The molecule has 0 atom stereocenters. The summed E-state index contributed by atoms with van der Waals surface area (Å²) in [6.07, 6.45) is 5.37. The van der Waals surface area contributed by atoms with Crippen molar-refractivity contribution >= 4 is 23.3 Å². The predicted octanol–water partition coefficient (Wildman–Crippen LogP) is 1.86. The standard InChI is InChI=1S/C21H31N5O5/c1-3-5-7-13-25(16(27)10-11-23-19(28)15-9-8-14-31-15)17-18(22)26(12-6-4-2)21(30)24-20(17)29/h8-9,14H,3-7,10-13,22H2,1-2H3,(H,23,28)(H,24,29,30). The van der Waals surface area contributed by atoms with E-state index in [4.69, 9.17) is 10.2 Å². The highest BCUT2D eigenvalue weighted by atomic mass is 16.3. The van der Waals surface area contributed by atoms with E-state index >= 15 is 0 Å². The molecule has 10 heteroatoms. The van der Waals surface area contributed by atoms with Gasteiger partial charge in [0, 0.05) is 26.1 Å². The lowest BCUT2D eigenvalue weighted by Gasteiger charge is -2.24. The third-order valence-electron chi connectivity index (χ3n) is 4.88. The molecule has 2 aromatic rings. The van der Waals surface area contributed by atoms with Gasteiger partial charge in [0.2, 0.25) is 5.91 Å². The maximum atomic E-state index is 13.0. The van der Waals surface area contributed by atoms with Crippen LogP contribution >= 0.6 is 0 Å². The van der Waals surface area contributed by atoms with Crippen LogP contribution in [0.1, 0.15) is 62.9 Å². The van der Waals surface area contributed by atoms with Gasteiger partial charge in [-0.3, -0.25) is 23.9 Å². The summed E-state index contributed by atoms with van der Waals surface area (Å²) in [6.45, 7) is 4.71. The Labute approximate surface area is 180 Å². The molecule has 10 nitrogen and oxygen atoms in total. The molecular weight excluding hydrogens is 402 g/mol. The first-order valence-corrected chi connectivity index (χ1v) is 10.6. The van der Waals surface area contributed by atoms with Crippen LogP contribution in [0.15, 0.2) is 32.4 Å². The van der Waals surface area contributed by atoms with E-state index < -0.39 is 17.2 Å². The summed E-state index contributed by atoms with van der Waals surface area (Å²) in [5, 5.41) is 2.61. The monoisotopic (exact) mass is 433 g/mol. The minimum absolute atomic E-state index is 0.0193. The third kappa shape index (κ3) is 6.34. The van der Waals surface area contributed by atoms with E-state index in [1.165, 1.54) is 21.8 Å². The van der Waals surface area contributed by atoms with Gasteiger partial charge in [0.1, 0.15) is 5.82 Å². The van der Waals surface area contributed by atoms with Crippen LogP contribution in [0.2, 0.25) is 0 Å². The molecule has 31 heavy (non-hydrogen) atoms. The molecule has 0 saturated heterocycles. The number of aromatic nitrogens is 2. The summed E-state index contributed by atoms with van der Waals surface area (Å²) in [5.41, 5.74) is 4.87. The highest BCUT2D eigenvalue weighted by Gasteiger charge is 2.24. The van der Waals surface area contributed by atoms with Gasteiger partial charge >= 0.3 is 5.69 Å². The minimum atomic E-state index is -0.695. The SMILES string of the molecule is CCCCCN(C(=O)CCNC(=O)c1ccco1)c1c(N)n(CCCC)c(=O)[nH]c1=O. The van der Waals surface area contributed by atoms with Crippen molar-refractivity contribution in [3.8, 4) is 0 Å². The summed E-state index contributed by atoms with van der Waals surface area (Å²) >= 11 is 0. The fourth-order valence-electron chi connectivity index (χ4n) is 3.17. The molecule has 0 aliphatic rings. The van der Waals surface area contributed by atoms with E-state index in [9.17, 15) is 19.2 Å². The molecule has 0 aliphatic carbocycles. The van der Waals surface area contributed by atoms with Crippen LogP contribution in [0.3, 0.4) is 0 Å². The Kier molecular flexibility index (Phi) is 9.11. The number of hydrogen-bond donors (Lipinski definition) is 3. The molecule has 0 aromatic carbocycles. The fourth-order valence-corrected chi connectivity index (χ4v) is 3.17. The Balaban J connectivity index is 2.22. The number of hydrogen-bond acceptors (Lipinski definition) is 6. The number of nitrogens with two attached hydrogens (primary N) is 1. The molecule has 2 heterocycles. The number of carbonyl (C=O) groups excluding carboxylic acids is 2. The van der Waals surface area contributed by atoms with Crippen LogP contribution in [0.25, 0.3) is 0 Å². The highest BCUT2D eigenvalue weighted by molar-refractivity contribution is 5.96. The number of anilines is 2.